The van der Waals surface area contributed by atoms with E-state index in [-0.39, 0.29) is 0 Å². The molecule has 192 valence electrons. The highest BCUT2D eigenvalue weighted by molar-refractivity contribution is 6.44. The van der Waals surface area contributed by atoms with Crippen LogP contribution in [0.1, 0.15) is 0 Å². The molecule has 8 aromatic carbocycles. The molecule has 0 unspecified atom stereocenters. The lowest BCUT2D eigenvalue weighted by Crippen LogP contribution is -1.97. The number of hydrogen-bond donors (Lipinski definition) is 0. The molecule has 2 aromatic heterocycles. The normalized spacial score (nSPS) is 12.3. The van der Waals surface area contributed by atoms with Gasteiger partial charge in [-0.1, -0.05) is 78.9 Å². The van der Waals surface area contributed by atoms with Crippen molar-refractivity contribution >= 4 is 75.4 Å². The van der Waals surface area contributed by atoms with E-state index in [1.807, 2.05) is 0 Å². The Hall–Kier alpha value is -5.88. The van der Waals surface area contributed by atoms with Gasteiger partial charge in [-0.15, -0.1) is 0 Å². The summed E-state index contributed by atoms with van der Waals surface area (Å²) in [5.74, 6) is 1.29. The maximum Gasteiger partial charge on any atom is 0.163 e. The van der Waals surface area contributed by atoms with E-state index in [0.29, 0.717) is 11.6 Å². The molecule has 0 bridgehead atoms. The van der Waals surface area contributed by atoms with E-state index in [1.165, 1.54) is 37.7 Å². The Morgan fingerprint density at radius 3 is 1.50 bits per heavy atom. The molecule has 6 heteroatoms. The SMILES string of the molecule is c1ccc2c(c1)c1cccc3c4c(-c5ncncn5)c5c6cccc7cccc(c5c(-c5ncncn5)c4cc2c13)c76. The minimum atomic E-state index is 0.646. The molecule has 0 saturated heterocycles. The predicted molar refractivity (Wildman–Crippen MR) is 169 cm³/mol. The van der Waals surface area contributed by atoms with Crippen LogP contribution in [-0.4, -0.2) is 29.9 Å². The molecule has 0 radical (unpaired) electrons. The summed E-state index contributed by atoms with van der Waals surface area (Å²) in [5, 5.41) is 16.5. The number of benzene rings is 6. The molecule has 0 aliphatic carbocycles. The molecule has 0 N–H and O–H groups in total. The van der Waals surface area contributed by atoms with E-state index in [0.717, 1.165) is 48.8 Å². The second-order valence-corrected chi connectivity index (χ2v) is 10.8. The van der Waals surface area contributed by atoms with Crippen LogP contribution in [0.5, 0.6) is 0 Å². The van der Waals surface area contributed by atoms with Crippen LogP contribution in [0.15, 0.2) is 110 Å². The Balaban J connectivity index is 1.62. The highest BCUT2D eigenvalue weighted by atomic mass is 15.0. The zero-order valence-corrected chi connectivity index (χ0v) is 22.1. The van der Waals surface area contributed by atoms with Crippen molar-refractivity contribution in [2.24, 2.45) is 0 Å². The van der Waals surface area contributed by atoms with Crippen LogP contribution in [0.2, 0.25) is 0 Å². The summed E-state index contributed by atoms with van der Waals surface area (Å²) in [4.78, 5) is 27.3. The summed E-state index contributed by atoms with van der Waals surface area (Å²) in [6.45, 7) is 0. The number of aromatic nitrogens is 6. The Labute approximate surface area is 238 Å². The van der Waals surface area contributed by atoms with E-state index in [9.17, 15) is 0 Å². The molecule has 0 spiro atoms. The van der Waals surface area contributed by atoms with Gasteiger partial charge in [0.2, 0.25) is 0 Å². The number of hydrogen-bond acceptors (Lipinski definition) is 6. The van der Waals surface area contributed by atoms with E-state index in [1.54, 1.807) is 25.3 Å². The number of nitrogens with zero attached hydrogens (tertiary/aromatic N) is 6. The quantitative estimate of drug-likeness (QED) is 0.208. The van der Waals surface area contributed by atoms with Crippen molar-refractivity contribution in [2.75, 3.05) is 0 Å². The molecular formula is C36H18N6. The van der Waals surface area contributed by atoms with Crippen LogP contribution in [0.3, 0.4) is 0 Å². The average Bonchev–Trinajstić information content (AvgIpc) is 3.56. The lowest BCUT2D eigenvalue weighted by Gasteiger charge is -2.17. The molecule has 2 heterocycles. The van der Waals surface area contributed by atoms with Gasteiger partial charge in [-0.05, 0) is 65.3 Å². The van der Waals surface area contributed by atoms with E-state index < -0.39 is 0 Å². The van der Waals surface area contributed by atoms with Crippen molar-refractivity contribution < 1.29 is 0 Å². The lowest BCUT2D eigenvalue weighted by atomic mass is 9.87. The first-order valence-electron chi connectivity index (χ1n) is 13.8. The van der Waals surface area contributed by atoms with Gasteiger partial charge in [-0.3, -0.25) is 0 Å². The molecule has 0 atom stereocenters. The molecule has 0 saturated carbocycles. The third kappa shape index (κ3) is 2.64. The monoisotopic (exact) mass is 534 g/mol. The highest BCUT2D eigenvalue weighted by Gasteiger charge is 2.27. The van der Waals surface area contributed by atoms with Crippen molar-refractivity contribution in [3.05, 3.63) is 110 Å². The topological polar surface area (TPSA) is 77.3 Å². The van der Waals surface area contributed by atoms with Crippen LogP contribution in [-0.2, 0) is 0 Å². The van der Waals surface area contributed by atoms with Gasteiger partial charge in [-0.25, -0.2) is 29.9 Å². The van der Waals surface area contributed by atoms with Crippen LogP contribution in [0, 0.1) is 0 Å². The van der Waals surface area contributed by atoms with Gasteiger partial charge in [-0.2, -0.15) is 0 Å². The fourth-order valence-corrected chi connectivity index (χ4v) is 7.34. The van der Waals surface area contributed by atoms with Crippen molar-refractivity contribution in [2.45, 2.75) is 0 Å². The molecule has 0 aliphatic heterocycles. The summed E-state index contributed by atoms with van der Waals surface area (Å²) in [6, 6.07) is 30.6. The van der Waals surface area contributed by atoms with E-state index in [2.05, 4.69) is 94.9 Å². The first kappa shape index (κ1) is 21.9. The smallest absolute Gasteiger partial charge is 0.163 e. The van der Waals surface area contributed by atoms with Crippen molar-refractivity contribution in [3.63, 3.8) is 0 Å². The van der Waals surface area contributed by atoms with Gasteiger partial charge in [0.05, 0.1) is 0 Å². The molecule has 0 fully saturated rings. The molecular weight excluding hydrogens is 516 g/mol. The molecule has 0 aliphatic rings. The summed E-state index contributed by atoms with van der Waals surface area (Å²) in [6.07, 6.45) is 6.32. The fourth-order valence-electron chi connectivity index (χ4n) is 7.34. The average molecular weight is 535 g/mol. The second kappa shape index (κ2) is 7.86. The van der Waals surface area contributed by atoms with Gasteiger partial charge in [0, 0.05) is 27.3 Å². The van der Waals surface area contributed by atoms with Gasteiger partial charge >= 0.3 is 0 Å². The first-order chi connectivity index (χ1) is 20.9. The van der Waals surface area contributed by atoms with E-state index in [4.69, 9.17) is 19.9 Å². The summed E-state index contributed by atoms with van der Waals surface area (Å²) < 4.78 is 0. The van der Waals surface area contributed by atoms with Crippen LogP contribution in [0.4, 0.5) is 0 Å². The fraction of sp³-hybridized carbons (Fsp3) is 0. The minimum absolute atomic E-state index is 0.646. The van der Waals surface area contributed by atoms with Crippen molar-refractivity contribution in [1.82, 2.24) is 29.9 Å². The Morgan fingerprint density at radius 2 is 0.833 bits per heavy atom. The summed E-state index contributed by atoms with van der Waals surface area (Å²) >= 11 is 0. The predicted octanol–water partition coefficient (Wildman–Crippen LogP) is 8.34. The first-order valence-corrected chi connectivity index (χ1v) is 13.8. The van der Waals surface area contributed by atoms with Crippen molar-refractivity contribution in [1.29, 1.82) is 0 Å². The summed E-state index contributed by atoms with van der Waals surface area (Å²) in [7, 11) is 0. The minimum Gasteiger partial charge on any atom is -0.225 e. The highest BCUT2D eigenvalue weighted by Crippen LogP contribution is 2.53. The van der Waals surface area contributed by atoms with Crippen LogP contribution >= 0.6 is 0 Å². The molecule has 10 rings (SSSR count). The molecule has 0 amide bonds. The van der Waals surface area contributed by atoms with Crippen LogP contribution in [0.25, 0.3) is 98.2 Å². The largest absolute Gasteiger partial charge is 0.225 e. The Bertz CT molecular complexity index is 2660. The zero-order chi connectivity index (χ0) is 27.4. The zero-order valence-electron chi connectivity index (χ0n) is 22.1. The van der Waals surface area contributed by atoms with E-state index >= 15 is 0 Å². The standard InChI is InChI=1S/C36H18N6/c1-2-9-21-20(8-1)22-10-5-13-25-29(22)26(21)14-27-30(25)34(36-41-17-38-18-42-36)32-24-12-4-7-19-6-3-11-23(28(19)24)31(32)33(27)35-39-15-37-16-40-35/h1-18H. The second-order valence-electron chi connectivity index (χ2n) is 10.8. The molecule has 42 heavy (non-hydrogen) atoms. The van der Waals surface area contributed by atoms with Crippen molar-refractivity contribution in [3.8, 4) is 22.8 Å². The third-order valence-corrected chi connectivity index (χ3v) is 8.82. The number of rotatable bonds is 2. The Morgan fingerprint density at radius 1 is 0.333 bits per heavy atom. The maximum atomic E-state index is 4.75. The lowest BCUT2D eigenvalue weighted by molar-refractivity contribution is 1.06. The van der Waals surface area contributed by atoms with Gasteiger partial charge < -0.3 is 0 Å². The summed E-state index contributed by atoms with van der Waals surface area (Å²) in [5.41, 5.74) is 2.00. The Kier molecular flexibility index (Phi) is 4.10. The van der Waals surface area contributed by atoms with Gasteiger partial charge in [0.25, 0.3) is 0 Å². The maximum absolute atomic E-state index is 4.75. The van der Waals surface area contributed by atoms with Gasteiger partial charge in [0.15, 0.2) is 11.6 Å². The number of fused-ring (bicyclic) bond motifs is 8. The third-order valence-electron chi connectivity index (χ3n) is 8.82. The molecule has 10 aromatic rings. The van der Waals surface area contributed by atoms with Crippen LogP contribution < -0.4 is 0 Å². The van der Waals surface area contributed by atoms with Gasteiger partial charge in [0.1, 0.15) is 25.3 Å². The molecule has 6 nitrogen and oxygen atoms in total.